The number of amides is 1. The molecule has 0 aliphatic rings. The van der Waals surface area contributed by atoms with Gasteiger partial charge >= 0.3 is 0 Å². The Morgan fingerprint density at radius 3 is 2.71 bits per heavy atom. The highest BCUT2D eigenvalue weighted by Crippen LogP contribution is 2.22. The lowest BCUT2D eigenvalue weighted by Gasteiger charge is -2.17. The fourth-order valence-electron chi connectivity index (χ4n) is 3.59. The number of ether oxygens (including phenoxy) is 1. The van der Waals surface area contributed by atoms with E-state index in [0.29, 0.717) is 23.7 Å². The number of carbonyl (C=O) groups excluding carboxylic acids is 1. The SMILES string of the molecule is Cc1cccc(OCCn2c(C(C)NC(=O)c3cccc(Cl)c3)nc3ccccc32)c1. The Bertz CT molecular complexity index is 1220. The van der Waals surface area contributed by atoms with Gasteiger partial charge in [-0.3, -0.25) is 4.79 Å². The number of benzene rings is 3. The molecule has 158 valence electrons. The van der Waals surface area contributed by atoms with Gasteiger partial charge in [-0.25, -0.2) is 4.98 Å². The summed E-state index contributed by atoms with van der Waals surface area (Å²) in [6.45, 7) is 5.08. The monoisotopic (exact) mass is 433 g/mol. The molecule has 5 nitrogen and oxygen atoms in total. The van der Waals surface area contributed by atoms with Gasteiger partial charge in [-0.2, -0.15) is 0 Å². The molecule has 0 bridgehead atoms. The topological polar surface area (TPSA) is 56.1 Å². The summed E-state index contributed by atoms with van der Waals surface area (Å²) < 4.78 is 8.06. The summed E-state index contributed by atoms with van der Waals surface area (Å²) >= 11 is 6.03. The first-order valence-corrected chi connectivity index (χ1v) is 10.6. The molecule has 0 fully saturated rings. The highest BCUT2D eigenvalue weighted by molar-refractivity contribution is 6.30. The Morgan fingerprint density at radius 1 is 1.10 bits per heavy atom. The Morgan fingerprint density at radius 2 is 1.90 bits per heavy atom. The molecule has 0 radical (unpaired) electrons. The smallest absolute Gasteiger partial charge is 0.251 e. The number of fused-ring (bicyclic) bond motifs is 1. The van der Waals surface area contributed by atoms with Crippen LogP contribution in [0, 0.1) is 6.92 Å². The Kier molecular flexibility index (Phi) is 6.23. The zero-order valence-corrected chi connectivity index (χ0v) is 18.3. The van der Waals surface area contributed by atoms with Crippen molar-refractivity contribution in [1.29, 1.82) is 0 Å². The number of aromatic nitrogens is 2. The van der Waals surface area contributed by atoms with Gasteiger partial charge in [0.15, 0.2) is 0 Å². The summed E-state index contributed by atoms with van der Waals surface area (Å²) in [5.41, 5.74) is 3.57. The van der Waals surface area contributed by atoms with Gasteiger partial charge in [0.1, 0.15) is 18.2 Å². The van der Waals surface area contributed by atoms with Gasteiger partial charge in [-0.15, -0.1) is 0 Å². The van der Waals surface area contributed by atoms with Crippen molar-refractivity contribution in [2.75, 3.05) is 6.61 Å². The fourth-order valence-corrected chi connectivity index (χ4v) is 3.78. The minimum Gasteiger partial charge on any atom is -0.492 e. The lowest BCUT2D eigenvalue weighted by Crippen LogP contribution is -2.29. The van der Waals surface area contributed by atoms with E-state index in [1.54, 1.807) is 24.3 Å². The molecule has 4 rings (SSSR count). The maximum absolute atomic E-state index is 12.7. The first-order chi connectivity index (χ1) is 15.0. The average molecular weight is 434 g/mol. The first kappa shape index (κ1) is 20.9. The molecular weight excluding hydrogens is 410 g/mol. The zero-order valence-electron chi connectivity index (χ0n) is 17.5. The number of hydrogen-bond donors (Lipinski definition) is 1. The van der Waals surface area contributed by atoms with Crippen molar-refractivity contribution < 1.29 is 9.53 Å². The van der Waals surface area contributed by atoms with Crippen LogP contribution in [0.3, 0.4) is 0 Å². The van der Waals surface area contributed by atoms with E-state index >= 15 is 0 Å². The third-order valence-electron chi connectivity index (χ3n) is 5.08. The molecular formula is C25H24ClN3O2. The van der Waals surface area contributed by atoms with Crippen LogP contribution in [0.25, 0.3) is 11.0 Å². The molecule has 0 saturated carbocycles. The van der Waals surface area contributed by atoms with E-state index in [1.165, 1.54) is 0 Å². The minimum absolute atomic E-state index is 0.190. The van der Waals surface area contributed by atoms with Crippen LogP contribution in [0.15, 0.2) is 72.8 Å². The van der Waals surface area contributed by atoms with Crippen LogP contribution in [-0.2, 0) is 6.54 Å². The third-order valence-corrected chi connectivity index (χ3v) is 5.31. The van der Waals surface area contributed by atoms with Crippen LogP contribution >= 0.6 is 11.6 Å². The number of aryl methyl sites for hydroxylation is 1. The van der Waals surface area contributed by atoms with Crippen molar-refractivity contribution in [3.8, 4) is 5.75 Å². The number of halogens is 1. The van der Waals surface area contributed by atoms with Crippen molar-refractivity contribution in [1.82, 2.24) is 14.9 Å². The molecule has 1 aromatic heterocycles. The van der Waals surface area contributed by atoms with Gasteiger partial charge in [-0.05, 0) is 61.9 Å². The van der Waals surface area contributed by atoms with Crippen LogP contribution in [-0.4, -0.2) is 22.1 Å². The zero-order chi connectivity index (χ0) is 21.8. The molecule has 1 unspecified atom stereocenters. The molecule has 0 spiro atoms. The van der Waals surface area contributed by atoms with Crippen molar-refractivity contribution in [3.05, 3.63) is 94.8 Å². The van der Waals surface area contributed by atoms with Crippen LogP contribution in [0.1, 0.15) is 34.7 Å². The summed E-state index contributed by atoms with van der Waals surface area (Å²) in [6, 6.07) is 22.6. The van der Waals surface area contributed by atoms with E-state index in [2.05, 4.69) is 9.88 Å². The number of nitrogens with zero attached hydrogens (tertiary/aromatic N) is 2. The van der Waals surface area contributed by atoms with Gasteiger partial charge in [-0.1, -0.05) is 41.9 Å². The molecule has 0 aliphatic carbocycles. The van der Waals surface area contributed by atoms with Crippen LogP contribution in [0.4, 0.5) is 0 Å². The van der Waals surface area contributed by atoms with Gasteiger partial charge in [0.25, 0.3) is 5.91 Å². The van der Waals surface area contributed by atoms with Crippen molar-refractivity contribution in [2.45, 2.75) is 26.4 Å². The van der Waals surface area contributed by atoms with E-state index in [9.17, 15) is 4.79 Å². The number of hydrogen-bond acceptors (Lipinski definition) is 3. The van der Waals surface area contributed by atoms with Crippen LogP contribution < -0.4 is 10.1 Å². The molecule has 1 amide bonds. The summed E-state index contributed by atoms with van der Waals surface area (Å²) in [5, 5.41) is 3.56. The normalized spacial score (nSPS) is 12.0. The van der Waals surface area contributed by atoms with Gasteiger partial charge in [0, 0.05) is 10.6 Å². The molecule has 1 atom stereocenters. The second kappa shape index (κ2) is 9.23. The summed E-state index contributed by atoms with van der Waals surface area (Å²) in [5.74, 6) is 1.43. The van der Waals surface area contributed by atoms with Gasteiger partial charge in [0.2, 0.25) is 0 Å². The number of carbonyl (C=O) groups is 1. The highest BCUT2D eigenvalue weighted by Gasteiger charge is 2.19. The molecule has 0 saturated heterocycles. The molecule has 0 aliphatic heterocycles. The molecule has 1 N–H and O–H groups in total. The van der Waals surface area contributed by atoms with E-state index < -0.39 is 0 Å². The number of nitrogens with one attached hydrogen (secondary N) is 1. The Balaban J connectivity index is 1.54. The van der Waals surface area contributed by atoms with E-state index in [-0.39, 0.29) is 11.9 Å². The second-order valence-electron chi connectivity index (χ2n) is 7.48. The van der Waals surface area contributed by atoms with E-state index in [0.717, 1.165) is 28.2 Å². The van der Waals surface area contributed by atoms with Gasteiger partial charge < -0.3 is 14.6 Å². The Labute approximate surface area is 186 Å². The minimum atomic E-state index is -0.294. The van der Waals surface area contributed by atoms with E-state index in [1.807, 2.05) is 62.4 Å². The first-order valence-electron chi connectivity index (χ1n) is 10.2. The van der Waals surface area contributed by atoms with E-state index in [4.69, 9.17) is 21.3 Å². The average Bonchev–Trinajstić information content (AvgIpc) is 3.13. The van der Waals surface area contributed by atoms with Crippen molar-refractivity contribution in [3.63, 3.8) is 0 Å². The van der Waals surface area contributed by atoms with Crippen LogP contribution in [0.2, 0.25) is 5.02 Å². The number of para-hydroxylation sites is 2. The van der Waals surface area contributed by atoms with Crippen molar-refractivity contribution in [2.24, 2.45) is 0 Å². The van der Waals surface area contributed by atoms with Crippen LogP contribution in [0.5, 0.6) is 5.75 Å². The molecule has 1 heterocycles. The maximum Gasteiger partial charge on any atom is 0.251 e. The van der Waals surface area contributed by atoms with Crippen molar-refractivity contribution >= 4 is 28.5 Å². The van der Waals surface area contributed by atoms with Gasteiger partial charge in [0.05, 0.1) is 23.6 Å². The lowest BCUT2D eigenvalue weighted by atomic mass is 10.2. The molecule has 6 heteroatoms. The highest BCUT2D eigenvalue weighted by atomic mass is 35.5. The standard InChI is InChI=1S/C25H24ClN3O2/c1-17-7-5-10-21(15-17)31-14-13-29-23-12-4-3-11-22(23)28-24(29)18(2)27-25(30)19-8-6-9-20(26)16-19/h3-12,15-16,18H,13-14H2,1-2H3,(H,27,30). The molecule has 4 aromatic rings. The second-order valence-corrected chi connectivity index (χ2v) is 7.92. The molecule has 3 aromatic carbocycles. The maximum atomic E-state index is 12.7. The third kappa shape index (κ3) is 4.89. The predicted molar refractivity (Wildman–Crippen MR) is 124 cm³/mol. The largest absolute Gasteiger partial charge is 0.492 e. The number of rotatable bonds is 7. The Hall–Kier alpha value is -3.31. The summed E-state index contributed by atoms with van der Waals surface area (Å²) in [4.78, 5) is 17.5. The summed E-state index contributed by atoms with van der Waals surface area (Å²) in [7, 11) is 0. The fraction of sp³-hybridized carbons (Fsp3) is 0.200. The number of imidazole rings is 1. The molecule has 31 heavy (non-hydrogen) atoms. The summed E-state index contributed by atoms with van der Waals surface area (Å²) in [6.07, 6.45) is 0. The predicted octanol–water partition coefficient (Wildman–Crippen LogP) is 5.57. The quantitative estimate of drug-likeness (QED) is 0.414. The lowest BCUT2D eigenvalue weighted by molar-refractivity contribution is 0.0937.